The summed E-state index contributed by atoms with van der Waals surface area (Å²) >= 11 is 0. The van der Waals surface area contributed by atoms with Crippen LogP contribution in [0, 0.1) is 5.82 Å². The molecule has 5 heteroatoms. The van der Waals surface area contributed by atoms with Gasteiger partial charge in [-0.3, -0.25) is 4.21 Å². The molecule has 2 unspecified atom stereocenters. The molecule has 84 valence electrons. The minimum absolute atomic E-state index is 0.0263. The van der Waals surface area contributed by atoms with Gasteiger partial charge in [-0.1, -0.05) is 6.07 Å². The van der Waals surface area contributed by atoms with Crippen LogP contribution in [0.1, 0.15) is 6.42 Å². The third kappa shape index (κ3) is 4.07. The number of rotatable bonds is 5. The van der Waals surface area contributed by atoms with Crippen molar-refractivity contribution in [3.63, 3.8) is 0 Å². The van der Waals surface area contributed by atoms with E-state index in [0.29, 0.717) is 11.3 Å². The highest BCUT2D eigenvalue weighted by molar-refractivity contribution is 7.85. The van der Waals surface area contributed by atoms with Gasteiger partial charge < -0.3 is 10.8 Å². The number of benzene rings is 1. The van der Waals surface area contributed by atoms with Gasteiger partial charge in [-0.25, -0.2) is 4.39 Å². The molecule has 0 spiro atoms. The highest BCUT2D eigenvalue weighted by Gasteiger charge is 2.10. The van der Waals surface area contributed by atoms with E-state index in [1.54, 1.807) is 6.07 Å². The maximum absolute atomic E-state index is 12.8. The third-order valence-corrected chi connectivity index (χ3v) is 3.43. The largest absolute Gasteiger partial charge is 0.396 e. The van der Waals surface area contributed by atoms with Crippen LogP contribution in [0.2, 0.25) is 0 Å². The van der Waals surface area contributed by atoms with Gasteiger partial charge in [-0.2, -0.15) is 0 Å². The Hall–Kier alpha value is -0.780. The number of hydrogen-bond donors (Lipinski definition) is 2. The molecule has 0 aliphatic rings. The Labute approximate surface area is 90.6 Å². The highest BCUT2D eigenvalue weighted by Crippen LogP contribution is 2.09. The standard InChI is InChI=1S/C10H14FNO2S/c11-8-2-1-3-10(6-8)15(14)7-9(12)4-5-13/h1-3,6,9,13H,4-5,7,12H2. The molecular weight excluding hydrogens is 217 g/mol. The summed E-state index contributed by atoms with van der Waals surface area (Å²) in [5, 5.41) is 8.63. The van der Waals surface area contributed by atoms with Crippen LogP contribution >= 0.6 is 0 Å². The number of halogens is 1. The fourth-order valence-corrected chi connectivity index (χ4v) is 2.37. The van der Waals surface area contributed by atoms with Gasteiger partial charge in [-0.05, 0) is 24.6 Å². The van der Waals surface area contributed by atoms with Crippen molar-refractivity contribution >= 4 is 10.8 Å². The first kappa shape index (κ1) is 12.3. The molecule has 0 bridgehead atoms. The quantitative estimate of drug-likeness (QED) is 0.781. The van der Waals surface area contributed by atoms with Crippen molar-refractivity contribution < 1.29 is 13.7 Å². The van der Waals surface area contributed by atoms with Crippen molar-refractivity contribution in [1.82, 2.24) is 0 Å². The zero-order valence-corrected chi connectivity index (χ0v) is 9.04. The summed E-state index contributed by atoms with van der Waals surface area (Å²) in [4.78, 5) is 0.434. The molecule has 2 atom stereocenters. The molecule has 0 fully saturated rings. The van der Waals surface area contributed by atoms with E-state index in [1.807, 2.05) is 0 Å². The lowest BCUT2D eigenvalue weighted by Gasteiger charge is -2.09. The van der Waals surface area contributed by atoms with E-state index in [1.165, 1.54) is 18.2 Å². The molecule has 0 amide bonds. The normalized spacial score (nSPS) is 14.9. The first-order valence-corrected chi connectivity index (χ1v) is 5.95. The Balaban J connectivity index is 2.61. The van der Waals surface area contributed by atoms with E-state index >= 15 is 0 Å². The Morgan fingerprint density at radius 2 is 2.27 bits per heavy atom. The van der Waals surface area contributed by atoms with Crippen molar-refractivity contribution in [2.45, 2.75) is 17.4 Å². The molecular formula is C10H14FNO2S. The van der Waals surface area contributed by atoms with Crippen LogP contribution in [-0.2, 0) is 10.8 Å². The fraction of sp³-hybridized carbons (Fsp3) is 0.400. The lowest BCUT2D eigenvalue weighted by Crippen LogP contribution is -2.28. The molecule has 0 saturated heterocycles. The Kier molecular flexibility index (Phi) is 4.87. The summed E-state index contributed by atoms with van der Waals surface area (Å²) in [6, 6.07) is 5.33. The summed E-state index contributed by atoms with van der Waals surface area (Å²) in [5.41, 5.74) is 5.61. The lowest BCUT2D eigenvalue weighted by atomic mass is 10.3. The van der Waals surface area contributed by atoms with Gasteiger partial charge in [0.05, 0.1) is 10.8 Å². The van der Waals surface area contributed by atoms with Crippen molar-refractivity contribution in [3.05, 3.63) is 30.1 Å². The number of hydrogen-bond acceptors (Lipinski definition) is 3. The summed E-state index contributed by atoms with van der Waals surface area (Å²) in [6.45, 7) is -0.0263. The van der Waals surface area contributed by atoms with E-state index in [-0.39, 0.29) is 18.4 Å². The second-order valence-electron chi connectivity index (χ2n) is 3.24. The Bertz CT molecular complexity index is 346. The van der Waals surface area contributed by atoms with Crippen LogP contribution in [0.15, 0.2) is 29.2 Å². The smallest absolute Gasteiger partial charge is 0.124 e. The Morgan fingerprint density at radius 3 is 2.87 bits per heavy atom. The van der Waals surface area contributed by atoms with Gasteiger partial charge in [0.25, 0.3) is 0 Å². The van der Waals surface area contributed by atoms with Gasteiger partial charge in [0, 0.05) is 23.3 Å². The fourth-order valence-electron chi connectivity index (χ4n) is 1.15. The van der Waals surface area contributed by atoms with Gasteiger partial charge in [-0.15, -0.1) is 0 Å². The molecule has 0 saturated carbocycles. The van der Waals surface area contributed by atoms with Crippen LogP contribution in [0.3, 0.4) is 0 Å². The lowest BCUT2D eigenvalue weighted by molar-refractivity contribution is 0.279. The molecule has 0 aromatic heterocycles. The maximum Gasteiger partial charge on any atom is 0.124 e. The van der Waals surface area contributed by atoms with Crippen LogP contribution < -0.4 is 5.73 Å². The van der Waals surface area contributed by atoms with Crippen LogP contribution in [-0.4, -0.2) is 27.7 Å². The SMILES string of the molecule is NC(CCO)CS(=O)c1cccc(F)c1. The van der Waals surface area contributed by atoms with E-state index < -0.39 is 16.6 Å². The average molecular weight is 231 g/mol. The molecule has 3 nitrogen and oxygen atoms in total. The minimum atomic E-state index is -1.30. The van der Waals surface area contributed by atoms with Crippen molar-refractivity contribution in [3.8, 4) is 0 Å². The van der Waals surface area contributed by atoms with E-state index in [9.17, 15) is 8.60 Å². The molecule has 15 heavy (non-hydrogen) atoms. The van der Waals surface area contributed by atoms with Crippen molar-refractivity contribution in [2.75, 3.05) is 12.4 Å². The number of nitrogens with two attached hydrogens (primary N) is 1. The minimum Gasteiger partial charge on any atom is -0.396 e. The monoisotopic (exact) mass is 231 g/mol. The zero-order valence-electron chi connectivity index (χ0n) is 8.23. The van der Waals surface area contributed by atoms with Gasteiger partial charge in [0.2, 0.25) is 0 Å². The third-order valence-electron chi connectivity index (χ3n) is 1.92. The highest BCUT2D eigenvalue weighted by atomic mass is 32.2. The molecule has 1 rings (SSSR count). The molecule has 3 N–H and O–H groups in total. The second kappa shape index (κ2) is 5.95. The molecule has 0 heterocycles. The van der Waals surface area contributed by atoms with Gasteiger partial charge in [0.15, 0.2) is 0 Å². The van der Waals surface area contributed by atoms with Gasteiger partial charge in [0.1, 0.15) is 5.82 Å². The maximum atomic E-state index is 12.8. The molecule has 1 aromatic rings. The summed E-state index contributed by atoms with van der Waals surface area (Å²) in [5.74, 6) is -0.166. The van der Waals surface area contributed by atoms with Crippen LogP contribution in [0.25, 0.3) is 0 Å². The zero-order chi connectivity index (χ0) is 11.3. The predicted octanol–water partition coefficient (Wildman–Crippen LogP) is 0.643. The Morgan fingerprint density at radius 1 is 1.53 bits per heavy atom. The summed E-state index contributed by atoms with van der Waals surface area (Å²) in [6.07, 6.45) is 0.404. The number of aliphatic hydroxyl groups excluding tert-OH is 1. The van der Waals surface area contributed by atoms with Crippen molar-refractivity contribution in [1.29, 1.82) is 0 Å². The van der Waals surface area contributed by atoms with Crippen LogP contribution in [0.5, 0.6) is 0 Å². The number of aliphatic hydroxyl groups is 1. The topological polar surface area (TPSA) is 63.3 Å². The predicted molar refractivity (Wildman–Crippen MR) is 57.4 cm³/mol. The summed E-state index contributed by atoms with van der Waals surface area (Å²) < 4.78 is 24.5. The van der Waals surface area contributed by atoms with E-state index in [0.717, 1.165) is 0 Å². The van der Waals surface area contributed by atoms with E-state index in [4.69, 9.17) is 10.8 Å². The second-order valence-corrected chi connectivity index (χ2v) is 4.74. The van der Waals surface area contributed by atoms with Crippen LogP contribution in [0.4, 0.5) is 4.39 Å². The molecule has 0 radical (unpaired) electrons. The van der Waals surface area contributed by atoms with Gasteiger partial charge >= 0.3 is 0 Å². The molecule has 1 aromatic carbocycles. The molecule has 0 aliphatic carbocycles. The van der Waals surface area contributed by atoms with E-state index in [2.05, 4.69) is 0 Å². The average Bonchev–Trinajstić information content (AvgIpc) is 2.18. The first-order chi connectivity index (χ1) is 7.13. The molecule has 0 aliphatic heterocycles. The van der Waals surface area contributed by atoms with Crippen molar-refractivity contribution in [2.24, 2.45) is 5.73 Å². The first-order valence-electron chi connectivity index (χ1n) is 4.64. The summed E-state index contributed by atoms with van der Waals surface area (Å²) in [7, 11) is -1.30.